The number of aryl methyl sites for hydroxylation is 2. The molecule has 0 aliphatic carbocycles. The molecule has 1 unspecified atom stereocenters. The van der Waals surface area contributed by atoms with Gasteiger partial charge in [0.15, 0.2) is 0 Å². The third kappa shape index (κ3) is 2.49. The lowest BCUT2D eigenvalue weighted by Crippen LogP contribution is -2.13. The lowest BCUT2D eigenvalue weighted by molar-refractivity contribution is 0.488. The van der Waals surface area contributed by atoms with Gasteiger partial charge in [0.1, 0.15) is 5.76 Å². The zero-order valence-electron chi connectivity index (χ0n) is 9.60. The zero-order chi connectivity index (χ0) is 11.5. The van der Waals surface area contributed by atoms with Crippen LogP contribution in [0.25, 0.3) is 0 Å². The van der Waals surface area contributed by atoms with Crippen molar-refractivity contribution in [2.75, 3.05) is 0 Å². The van der Waals surface area contributed by atoms with E-state index in [0.29, 0.717) is 0 Å². The first kappa shape index (κ1) is 10.9. The van der Waals surface area contributed by atoms with Gasteiger partial charge in [0.2, 0.25) is 0 Å². The predicted molar refractivity (Wildman–Crippen MR) is 63.1 cm³/mol. The molecule has 16 heavy (non-hydrogen) atoms. The van der Waals surface area contributed by atoms with E-state index < -0.39 is 0 Å². The Balaban J connectivity index is 2.17. The minimum absolute atomic E-state index is 0.0356. The summed E-state index contributed by atoms with van der Waals surface area (Å²) < 4.78 is 5.29. The van der Waals surface area contributed by atoms with Gasteiger partial charge in [-0.3, -0.25) is 4.98 Å². The largest absolute Gasteiger partial charge is 0.469 e. The quantitative estimate of drug-likeness (QED) is 0.857. The van der Waals surface area contributed by atoms with Gasteiger partial charge in [-0.1, -0.05) is 0 Å². The number of hydrogen-bond acceptors (Lipinski definition) is 3. The maximum atomic E-state index is 6.14. The summed E-state index contributed by atoms with van der Waals surface area (Å²) in [5.74, 6) is 0.916. The molecule has 0 aliphatic heterocycles. The van der Waals surface area contributed by atoms with Gasteiger partial charge in [0.25, 0.3) is 0 Å². The molecule has 2 aromatic heterocycles. The predicted octanol–water partition coefficient (Wildman–Crippen LogP) is 2.53. The Hall–Kier alpha value is -1.61. The van der Waals surface area contributed by atoms with Crippen LogP contribution in [0.2, 0.25) is 0 Å². The van der Waals surface area contributed by atoms with E-state index in [4.69, 9.17) is 10.2 Å². The van der Waals surface area contributed by atoms with Crippen molar-refractivity contribution in [2.24, 2.45) is 5.73 Å². The van der Waals surface area contributed by atoms with Crippen molar-refractivity contribution in [3.05, 3.63) is 53.2 Å². The highest BCUT2D eigenvalue weighted by Crippen LogP contribution is 2.17. The van der Waals surface area contributed by atoms with Crippen molar-refractivity contribution in [3.63, 3.8) is 0 Å². The van der Waals surface area contributed by atoms with Crippen LogP contribution in [0.4, 0.5) is 0 Å². The lowest BCUT2D eigenvalue weighted by Gasteiger charge is -2.11. The average molecular weight is 216 g/mol. The number of hydrogen-bond donors (Lipinski definition) is 1. The third-order valence-electron chi connectivity index (χ3n) is 2.53. The van der Waals surface area contributed by atoms with Crippen molar-refractivity contribution in [2.45, 2.75) is 26.3 Å². The monoisotopic (exact) mass is 216 g/mol. The maximum absolute atomic E-state index is 6.14. The number of nitrogens with two attached hydrogens (primary N) is 1. The summed E-state index contributed by atoms with van der Waals surface area (Å²) in [6.45, 7) is 3.96. The van der Waals surface area contributed by atoms with Gasteiger partial charge in [-0.15, -0.1) is 0 Å². The minimum Gasteiger partial charge on any atom is -0.469 e. The number of nitrogens with zero attached hydrogens (tertiary/aromatic N) is 1. The second-order valence-corrected chi connectivity index (χ2v) is 4.07. The summed E-state index contributed by atoms with van der Waals surface area (Å²) >= 11 is 0. The van der Waals surface area contributed by atoms with Gasteiger partial charge in [0.05, 0.1) is 6.26 Å². The van der Waals surface area contributed by atoms with Crippen LogP contribution in [0.3, 0.4) is 0 Å². The van der Waals surface area contributed by atoms with Crippen LogP contribution >= 0.6 is 0 Å². The molecule has 3 nitrogen and oxygen atoms in total. The molecule has 0 saturated carbocycles. The Labute approximate surface area is 95.3 Å². The van der Waals surface area contributed by atoms with Crippen LogP contribution < -0.4 is 5.73 Å². The highest BCUT2D eigenvalue weighted by molar-refractivity contribution is 5.24. The molecular weight excluding hydrogens is 200 g/mol. The van der Waals surface area contributed by atoms with Crippen LogP contribution in [-0.4, -0.2) is 4.98 Å². The fraction of sp³-hybridized carbons (Fsp3) is 0.308. The van der Waals surface area contributed by atoms with Gasteiger partial charge in [-0.2, -0.15) is 0 Å². The van der Waals surface area contributed by atoms with E-state index in [1.807, 2.05) is 38.1 Å². The summed E-state index contributed by atoms with van der Waals surface area (Å²) in [7, 11) is 0. The van der Waals surface area contributed by atoms with Crippen LogP contribution in [-0.2, 0) is 6.42 Å². The van der Waals surface area contributed by atoms with E-state index in [1.54, 1.807) is 6.26 Å². The number of aromatic nitrogens is 1. The van der Waals surface area contributed by atoms with E-state index in [-0.39, 0.29) is 6.04 Å². The highest BCUT2D eigenvalue weighted by Gasteiger charge is 2.10. The Morgan fingerprint density at radius 2 is 2.00 bits per heavy atom. The van der Waals surface area contributed by atoms with Gasteiger partial charge in [0, 0.05) is 23.9 Å². The smallest absolute Gasteiger partial charge is 0.105 e. The van der Waals surface area contributed by atoms with Crippen molar-refractivity contribution >= 4 is 0 Å². The van der Waals surface area contributed by atoms with Crippen LogP contribution in [0.5, 0.6) is 0 Å². The molecule has 2 heterocycles. The summed E-state index contributed by atoms with van der Waals surface area (Å²) in [6, 6.07) is 7.85. The van der Waals surface area contributed by atoms with E-state index in [0.717, 1.165) is 29.1 Å². The summed E-state index contributed by atoms with van der Waals surface area (Å²) in [5.41, 5.74) is 9.26. The summed E-state index contributed by atoms with van der Waals surface area (Å²) in [6.07, 6.45) is 2.39. The van der Waals surface area contributed by atoms with Crippen LogP contribution in [0.1, 0.15) is 28.8 Å². The van der Waals surface area contributed by atoms with Crippen LogP contribution in [0.15, 0.2) is 34.9 Å². The second kappa shape index (κ2) is 4.49. The minimum atomic E-state index is -0.0356. The van der Waals surface area contributed by atoms with Crippen molar-refractivity contribution in [3.8, 4) is 0 Å². The van der Waals surface area contributed by atoms with Crippen molar-refractivity contribution in [1.82, 2.24) is 4.98 Å². The summed E-state index contributed by atoms with van der Waals surface area (Å²) in [4.78, 5) is 4.33. The van der Waals surface area contributed by atoms with E-state index in [9.17, 15) is 0 Å². The normalized spacial score (nSPS) is 12.7. The van der Waals surface area contributed by atoms with Gasteiger partial charge in [-0.05, 0) is 43.7 Å². The number of rotatable bonds is 3. The molecule has 0 saturated heterocycles. The van der Waals surface area contributed by atoms with Gasteiger partial charge < -0.3 is 10.2 Å². The van der Waals surface area contributed by atoms with Crippen molar-refractivity contribution < 1.29 is 4.42 Å². The molecule has 2 N–H and O–H groups in total. The molecule has 0 spiro atoms. The van der Waals surface area contributed by atoms with E-state index in [2.05, 4.69) is 4.98 Å². The first-order valence-electron chi connectivity index (χ1n) is 5.38. The fourth-order valence-electron chi connectivity index (χ4n) is 1.84. The average Bonchev–Trinajstić information content (AvgIpc) is 2.68. The Morgan fingerprint density at radius 3 is 2.56 bits per heavy atom. The van der Waals surface area contributed by atoms with E-state index >= 15 is 0 Å². The van der Waals surface area contributed by atoms with Gasteiger partial charge in [-0.25, -0.2) is 0 Å². The molecule has 84 valence electrons. The molecule has 2 rings (SSSR count). The fourth-order valence-corrected chi connectivity index (χ4v) is 1.84. The van der Waals surface area contributed by atoms with Gasteiger partial charge >= 0.3 is 0 Å². The first-order valence-corrected chi connectivity index (χ1v) is 5.38. The maximum Gasteiger partial charge on any atom is 0.105 e. The SMILES string of the molecule is Cc1cc(C(N)Cc2ccco2)cc(C)n1. The molecule has 3 heteroatoms. The van der Waals surface area contributed by atoms with E-state index in [1.165, 1.54) is 0 Å². The standard InChI is InChI=1S/C13H16N2O/c1-9-6-11(7-10(2)15-9)13(14)8-12-4-3-5-16-12/h3-7,13H,8,14H2,1-2H3. The Kier molecular flexibility index (Phi) is 3.06. The second-order valence-electron chi connectivity index (χ2n) is 4.07. The zero-order valence-corrected chi connectivity index (χ0v) is 9.60. The topological polar surface area (TPSA) is 52.0 Å². The molecule has 0 bridgehead atoms. The molecule has 0 amide bonds. The molecule has 1 atom stereocenters. The molecule has 0 fully saturated rings. The van der Waals surface area contributed by atoms with Crippen molar-refractivity contribution in [1.29, 1.82) is 0 Å². The Morgan fingerprint density at radius 1 is 1.31 bits per heavy atom. The first-order chi connectivity index (χ1) is 7.65. The third-order valence-corrected chi connectivity index (χ3v) is 2.53. The molecule has 2 aromatic rings. The number of pyridine rings is 1. The number of furan rings is 1. The van der Waals surface area contributed by atoms with Crippen LogP contribution in [0, 0.1) is 13.8 Å². The Bertz CT molecular complexity index is 443. The molecule has 0 aliphatic rings. The molecule has 0 radical (unpaired) electrons. The lowest BCUT2D eigenvalue weighted by atomic mass is 10.0. The molecule has 0 aromatic carbocycles. The molecular formula is C13H16N2O. The summed E-state index contributed by atoms with van der Waals surface area (Å²) in [5, 5.41) is 0. The highest BCUT2D eigenvalue weighted by atomic mass is 16.3.